The van der Waals surface area contributed by atoms with Gasteiger partial charge < -0.3 is 9.84 Å². The number of hydrogen-bond acceptors (Lipinski definition) is 4. The van der Waals surface area contributed by atoms with E-state index in [4.69, 9.17) is 9.84 Å². The lowest BCUT2D eigenvalue weighted by Gasteiger charge is -2.15. The number of ether oxygens (including phenoxy) is 1. The Morgan fingerprint density at radius 3 is 2.48 bits per heavy atom. The van der Waals surface area contributed by atoms with Crippen LogP contribution in [-0.4, -0.2) is 16.0 Å². The molecule has 0 saturated heterocycles. The maximum atomic E-state index is 11.0. The van der Waals surface area contributed by atoms with E-state index in [1.54, 1.807) is 6.92 Å². The molecule has 2 aromatic rings. The first-order valence-electron chi connectivity index (χ1n) is 6.22. The van der Waals surface area contributed by atoms with Crippen LogP contribution in [0.25, 0.3) is 0 Å². The van der Waals surface area contributed by atoms with E-state index >= 15 is 0 Å². The van der Waals surface area contributed by atoms with Gasteiger partial charge in [0.15, 0.2) is 5.75 Å². The van der Waals surface area contributed by atoms with Gasteiger partial charge in [-0.2, -0.15) is 0 Å². The van der Waals surface area contributed by atoms with Crippen molar-refractivity contribution in [2.45, 2.75) is 13.0 Å². The van der Waals surface area contributed by atoms with Crippen molar-refractivity contribution < 1.29 is 19.6 Å². The third-order valence-corrected chi connectivity index (χ3v) is 2.98. The van der Waals surface area contributed by atoms with Gasteiger partial charge in [0.25, 0.3) is 0 Å². The number of carbonyl (C=O) groups is 1. The second-order valence-corrected chi connectivity index (χ2v) is 4.42. The molecule has 0 aliphatic heterocycles. The minimum atomic E-state index is -1.22. The van der Waals surface area contributed by atoms with Crippen molar-refractivity contribution in [2.75, 3.05) is 0 Å². The van der Waals surface area contributed by atoms with Crippen LogP contribution in [0.4, 0.5) is 5.69 Å². The van der Waals surface area contributed by atoms with Crippen LogP contribution in [0.5, 0.6) is 5.75 Å². The fourth-order valence-corrected chi connectivity index (χ4v) is 1.88. The Morgan fingerprint density at radius 2 is 1.90 bits per heavy atom. The van der Waals surface area contributed by atoms with E-state index in [1.807, 2.05) is 30.3 Å². The zero-order valence-electron chi connectivity index (χ0n) is 11.2. The molecule has 0 fully saturated rings. The number of carboxylic acid groups (broad SMARTS) is 1. The molecule has 2 rings (SSSR count). The highest BCUT2D eigenvalue weighted by Crippen LogP contribution is 2.31. The van der Waals surface area contributed by atoms with Crippen molar-refractivity contribution in [3.63, 3.8) is 0 Å². The summed E-state index contributed by atoms with van der Waals surface area (Å²) in [5, 5.41) is 19.9. The van der Waals surface area contributed by atoms with E-state index in [9.17, 15) is 14.9 Å². The second-order valence-electron chi connectivity index (χ2n) is 4.42. The van der Waals surface area contributed by atoms with Crippen LogP contribution in [0.3, 0.4) is 0 Å². The molecular formula is C15H13NO5. The van der Waals surface area contributed by atoms with Crippen molar-refractivity contribution >= 4 is 11.7 Å². The molecule has 0 aliphatic rings. The predicted octanol–water partition coefficient (Wildman–Crippen LogP) is 3.43. The Balaban J connectivity index is 2.31. The number of hydrogen-bond donors (Lipinski definition) is 1. The van der Waals surface area contributed by atoms with Crippen LogP contribution in [-0.2, 0) is 0 Å². The van der Waals surface area contributed by atoms with E-state index < -0.39 is 10.9 Å². The molecule has 1 unspecified atom stereocenters. The molecule has 0 saturated carbocycles. The van der Waals surface area contributed by atoms with Gasteiger partial charge in [0.1, 0.15) is 6.10 Å². The molecule has 0 radical (unpaired) electrons. The monoisotopic (exact) mass is 287 g/mol. The lowest BCUT2D eigenvalue weighted by atomic mass is 10.1. The standard InChI is InChI=1S/C15H13NO5/c1-10(11-5-3-2-4-6-11)21-14-8-7-12(15(17)18)9-13(14)16(19)20/h2-10H,1H3,(H,17,18). The zero-order valence-corrected chi connectivity index (χ0v) is 11.2. The van der Waals surface area contributed by atoms with E-state index in [2.05, 4.69) is 0 Å². The molecule has 0 aliphatic carbocycles. The van der Waals surface area contributed by atoms with Crippen molar-refractivity contribution in [1.82, 2.24) is 0 Å². The number of carboxylic acids is 1. The Morgan fingerprint density at radius 1 is 1.24 bits per heavy atom. The number of aromatic carboxylic acids is 1. The molecule has 1 N–H and O–H groups in total. The number of nitro benzene ring substituents is 1. The van der Waals surface area contributed by atoms with Gasteiger partial charge in [0.05, 0.1) is 10.5 Å². The van der Waals surface area contributed by atoms with Gasteiger partial charge in [0, 0.05) is 6.07 Å². The highest BCUT2D eigenvalue weighted by atomic mass is 16.6. The molecule has 1 atom stereocenters. The molecule has 0 amide bonds. The summed E-state index contributed by atoms with van der Waals surface area (Å²) in [6, 6.07) is 12.8. The average Bonchev–Trinajstić information content (AvgIpc) is 2.48. The lowest BCUT2D eigenvalue weighted by molar-refractivity contribution is -0.386. The molecular weight excluding hydrogens is 274 g/mol. The van der Waals surface area contributed by atoms with Crippen molar-refractivity contribution in [3.8, 4) is 5.75 Å². The quantitative estimate of drug-likeness (QED) is 0.672. The molecule has 0 bridgehead atoms. The van der Waals surface area contributed by atoms with E-state index in [0.29, 0.717) is 0 Å². The number of rotatable bonds is 5. The van der Waals surface area contributed by atoms with Crippen molar-refractivity contribution in [3.05, 3.63) is 69.8 Å². The zero-order chi connectivity index (χ0) is 15.4. The summed E-state index contributed by atoms with van der Waals surface area (Å²) in [6.07, 6.45) is -0.388. The molecule has 6 heteroatoms. The first-order valence-corrected chi connectivity index (χ1v) is 6.22. The van der Waals surface area contributed by atoms with Crippen LogP contribution in [0.2, 0.25) is 0 Å². The van der Waals surface area contributed by atoms with Crippen LogP contribution in [0.1, 0.15) is 28.9 Å². The number of nitro groups is 1. The van der Waals surface area contributed by atoms with Gasteiger partial charge in [-0.15, -0.1) is 0 Å². The van der Waals surface area contributed by atoms with Gasteiger partial charge in [0.2, 0.25) is 0 Å². The third-order valence-electron chi connectivity index (χ3n) is 2.98. The van der Waals surface area contributed by atoms with Crippen LogP contribution >= 0.6 is 0 Å². The van der Waals surface area contributed by atoms with Crippen LogP contribution in [0.15, 0.2) is 48.5 Å². The minimum Gasteiger partial charge on any atom is -0.479 e. The Hall–Kier alpha value is -2.89. The third kappa shape index (κ3) is 3.36. The lowest BCUT2D eigenvalue weighted by Crippen LogP contribution is -2.06. The summed E-state index contributed by atoms with van der Waals surface area (Å²) in [7, 11) is 0. The molecule has 21 heavy (non-hydrogen) atoms. The SMILES string of the molecule is CC(Oc1ccc(C(=O)O)cc1[N+](=O)[O-])c1ccccc1. The molecule has 2 aromatic carbocycles. The Bertz CT molecular complexity index is 669. The first-order chi connectivity index (χ1) is 9.99. The van der Waals surface area contributed by atoms with Gasteiger partial charge in [-0.05, 0) is 24.6 Å². The molecule has 108 valence electrons. The normalized spacial score (nSPS) is 11.7. The van der Waals surface area contributed by atoms with Gasteiger partial charge in [-0.1, -0.05) is 30.3 Å². The highest BCUT2D eigenvalue weighted by Gasteiger charge is 2.20. The van der Waals surface area contributed by atoms with Crippen molar-refractivity contribution in [1.29, 1.82) is 0 Å². The van der Waals surface area contributed by atoms with E-state index in [1.165, 1.54) is 12.1 Å². The summed E-state index contributed by atoms with van der Waals surface area (Å²) < 4.78 is 5.59. The predicted molar refractivity (Wildman–Crippen MR) is 75.5 cm³/mol. The molecule has 0 aromatic heterocycles. The largest absolute Gasteiger partial charge is 0.479 e. The van der Waals surface area contributed by atoms with Gasteiger partial charge in [-0.25, -0.2) is 4.79 Å². The summed E-state index contributed by atoms with van der Waals surface area (Å²) in [4.78, 5) is 21.3. The first kappa shape index (κ1) is 14.5. The van der Waals surface area contributed by atoms with E-state index in [-0.39, 0.29) is 23.1 Å². The average molecular weight is 287 g/mol. The second kappa shape index (κ2) is 6.04. The van der Waals surface area contributed by atoms with Crippen LogP contribution < -0.4 is 4.74 Å². The number of nitrogens with zero attached hydrogens (tertiary/aromatic N) is 1. The molecule has 6 nitrogen and oxygen atoms in total. The fourth-order valence-electron chi connectivity index (χ4n) is 1.88. The maximum absolute atomic E-state index is 11.0. The maximum Gasteiger partial charge on any atom is 0.335 e. The minimum absolute atomic E-state index is 0.0429. The summed E-state index contributed by atoms with van der Waals surface area (Å²) in [6.45, 7) is 1.77. The highest BCUT2D eigenvalue weighted by molar-refractivity contribution is 5.88. The van der Waals surface area contributed by atoms with Crippen LogP contribution in [0, 0.1) is 10.1 Å². The Kier molecular flexibility index (Phi) is 4.18. The number of benzene rings is 2. The molecule has 0 heterocycles. The van der Waals surface area contributed by atoms with E-state index in [0.717, 1.165) is 11.6 Å². The molecule has 0 spiro atoms. The smallest absolute Gasteiger partial charge is 0.335 e. The summed E-state index contributed by atoms with van der Waals surface area (Å²) in [5.41, 5.74) is 0.355. The summed E-state index contributed by atoms with van der Waals surface area (Å²) in [5.74, 6) is -1.18. The van der Waals surface area contributed by atoms with Gasteiger partial charge >= 0.3 is 11.7 Å². The Labute approximate surface area is 120 Å². The summed E-state index contributed by atoms with van der Waals surface area (Å²) >= 11 is 0. The van der Waals surface area contributed by atoms with Crippen molar-refractivity contribution in [2.24, 2.45) is 0 Å². The van der Waals surface area contributed by atoms with Gasteiger partial charge in [-0.3, -0.25) is 10.1 Å². The topological polar surface area (TPSA) is 89.7 Å². The fraction of sp³-hybridized carbons (Fsp3) is 0.133.